The van der Waals surface area contributed by atoms with E-state index >= 15 is 4.79 Å². The van der Waals surface area contributed by atoms with Crippen molar-refractivity contribution in [3.05, 3.63) is 54.5 Å². The van der Waals surface area contributed by atoms with Crippen LogP contribution in [0.3, 0.4) is 0 Å². The number of likely N-dealkylation sites (tertiary alicyclic amines) is 1. The number of allylic oxidation sites excluding steroid dienone is 1. The average molecular weight is 780 g/mol. The van der Waals surface area contributed by atoms with E-state index < -0.39 is 17.4 Å². The van der Waals surface area contributed by atoms with Gasteiger partial charge in [-0.05, 0) is 149 Å². The number of carbonyl (C=O) groups is 3. The molecule has 1 amide bonds. The molecule has 8 heteroatoms. The molecule has 1 aromatic carbocycles. The van der Waals surface area contributed by atoms with Gasteiger partial charge in [-0.15, -0.1) is 0 Å². The Bertz CT molecular complexity index is 1920. The number of carboxylic acids is 1. The number of rotatable bonds is 8. The zero-order valence-corrected chi connectivity index (χ0v) is 36.1. The lowest BCUT2D eigenvalue weighted by molar-refractivity contribution is -0.250. The van der Waals surface area contributed by atoms with Crippen molar-refractivity contribution in [3.8, 4) is 11.3 Å². The van der Waals surface area contributed by atoms with Gasteiger partial charge in [-0.3, -0.25) is 14.4 Å². The van der Waals surface area contributed by atoms with Crippen molar-refractivity contribution >= 4 is 17.8 Å². The highest BCUT2D eigenvalue weighted by molar-refractivity contribution is 5.85. The number of esters is 1. The smallest absolute Gasteiger partial charge is 0.309 e. The lowest BCUT2D eigenvalue weighted by Gasteiger charge is -2.73. The lowest BCUT2D eigenvalue weighted by Crippen LogP contribution is -2.67. The van der Waals surface area contributed by atoms with Gasteiger partial charge in [0.1, 0.15) is 11.9 Å². The number of benzene rings is 1. The predicted molar refractivity (Wildman–Crippen MR) is 223 cm³/mol. The number of hydrogen-bond donors (Lipinski definition) is 2. The van der Waals surface area contributed by atoms with E-state index in [1.165, 1.54) is 12.0 Å². The third kappa shape index (κ3) is 6.01. The summed E-state index contributed by atoms with van der Waals surface area (Å²) in [7, 11) is 0. The number of nitrogens with zero attached hydrogens (tertiary/aromatic N) is 2. The van der Waals surface area contributed by atoms with E-state index in [0.29, 0.717) is 35.5 Å². The highest BCUT2D eigenvalue weighted by atomic mass is 16.5. The fourth-order valence-electron chi connectivity index (χ4n) is 15.2. The SMILES string of the molecule is C=C(C)[C@@H]1CC[C@]2(C(=O)N3CCC[C@@H]3c3ncc(-c4ccccc4)[nH]3)CC[C@]3(C)[C@H](CC[C@@H]4[C@@]5(C)CC[C@H](OC(=O)CC(C)(C)C(=O)O)C(C)(C)[C@@H]5CC[C@]43C)[C@@H]12. The third-order valence-corrected chi connectivity index (χ3v) is 18.4. The summed E-state index contributed by atoms with van der Waals surface area (Å²) in [4.78, 5) is 51.2. The van der Waals surface area contributed by atoms with E-state index in [1.54, 1.807) is 13.8 Å². The Kier molecular flexibility index (Phi) is 9.79. The standard InChI is InChI=1S/C49H69N3O5/c1-30(2)32-19-24-49(42(54)52-27-13-16-35(52)41-50-29-34(51-41)31-14-11-10-12-15-31)26-25-47(8)33(40(32)49)17-18-37-46(7)22-21-38(57-39(53)28-44(3,4)43(55)56)45(5,6)36(46)20-23-48(37,47)9/h10-12,14-15,29,32-33,35-38,40H,1,13,16-28H2,2-9H3,(H,50,51)(H,55,56)/t32-,33+,35+,36-,37+,38-,40+,46-,47+,48+,49-/m0/s1. The van der Waals surface area contributed by atoms with Crippen molar-refractivity contribution in [3.63, 3.8) is 0 Å². The Morgan fingerprint density at radius 1 is 0.912 bits per heavy atom. The van der Waals surface area contributed by atoms with Gasteiger partial charge < -0.3 is 19.7 Å². The quantitative estimate of drug-likeness (QED) is 0.204. The molecule has 6 fully saturated rings. The third-order valence-electron chi connectivity index (χ3n) is 18.4. The molecule has 8 nitrogen and oxygen atoms in total. The minimum Gasteiger partial charge on any atom is -0.481 e. The molecule has 5 aliphatic carbocycles. The van der Waals surface area contributed by atoms with E-state index in [2.05, 4.69) is 82.3 Å². The van der Waals surface area contributed by atoms with Crippen LogP contribution in [0.5, 0.6) is 0 Å². The summed E-state index contributed by atoms with van der Waals surface area (Å²) in [5.41, 5.74) is 1.95. The molecule has 5 saturated carbocycles. The highest BCUT2D eigenvalue weighted by Crippen LogP contribution is 2.78. The largest absolute Gasteiger partial charge is 0.481 e. The van der Waals surface area contributed by atoms with E-state index in [0.717, 1.165) is 94.3 Å². The number of nitrogens with one attached hydrogen (secondary N) is 1. The van der Waals surface area contributed by atoms with Crippen LogP contribution in [0.1, 0.15) is 151 Å². The number of carboxylic acid groups (broad SMARTS) is 1. The summed E-state index contributed by atoms with van der Waals surface area (Å²) in [6.45, 7) is 23.2. The summed E-state index contributed by atoms with van der Waals surface area (Å²) in [6.07, 6.45) is 13.9. The minimum atomic E-state index is -1.15. The molecule has 1 aliphatic heterocycles. The zero-order valence-electron chi connectivity index (χ0n) is 36.1. The lowest BCUT2D eigenvalue weighted by atomic mass is 9.32. The van der Waals surface area contributed by atoms with E-state index in [1.807, 2.05) is 12.3 Å². The monoisotopic (exact) mass is 780 g/mol. The molecule has 0 bridgehead atoms. The minimum absolute atomic E-state index is 0.0212. The van der Waals surface area contributed by atoms with Crippen LogP contribution >= 0.6 is 0 Å². The van der Waals surface area contributed by atoms with Crippen molar-refractivity contribution in [2.45, 2.75) is 151 Å². The fraction of sp³-hybridized carbons (Fsp3) is 0.714. The van der Waals surface area contributed by atoms with Crippen molar-refractivity contribution in [2.24, 2.45) is 62.1 Å². The Balaban J connectivity index is 1.06. The molecule has 57 heavy (non-hydrogen) atoms. The molecule has 2 aromatic rings. The molecule has 1 saturated heterocycles. The maximum Gasteiger partial charge on any atom is 0.309 e. The van der Waals surface area contributed by atoms with Gasteiger partial charge in [0.2, 0.25) is 5.91 Å². The molecule has 6 aliphatic rings. The van der Waals surface area contributed by atoms with Crippen LogP contribution in [0.15, 0.2) is 48.7 Å². The molecule has 310 valence electrons. The van der Waals surface area contributed by atoms with Crippen molar-refractivity contribution in [1.82, 2.24) is 14.9 Å². The van der Waals surface area contributed by atoms with Gasteiger partial charge in [-0.2, -0.15) is 0 Å². The molecule has 8 rings (SSSR count). The van der Waals surface area contributed by atoms with Crippen LogP contribution < -0.4 is 0 Å². The number of imidazole rings is 1. The molecular formula is C49H69N3O5. The number of carbonyl (C=O) groups excluding carboxylic acids is 2. The number of aromatic amines is 1. The van der Waals surface area contributed by atoms with E-state index in [9.17, 15) is 14.7 Å². The average Bonchev–Trinajstić information content (AvgIpc) is 3.92. The van der Waals surface area contributed by atoms with Crippen LogP contribution in [0.2, 0.25) is 0 Å². The second kappa shape index (κ2) is 13.8. The maximum absolute atomic E-state index is 15.5. The number of aliphatic carboxylic acids is 1. The predicted octanol–water partition coefficient (Wildman–Crippen LogP) is 10.8. The van der Waals surface area contributed by atoms with Crippen LogP contribution in [0.25, 0.3) is 11.3 Å². The second-order valence-corrected chi connectivity index (χ2v) is 21.8. The van der Waals surface area contributed by atoms with E-state index in [4.69, 9.17) is 9.72 Å². The van der Waals surface area contributed by atoms with Crippen LogP contribution in [0, 0.1) is 62.1 Å². The van der Waals surface area contributed by atoms with Crippen LogP contribution in [-0.4, -0.2) is 50.5 Å². The van der Waals surface area contributed by atoms with Crippen molar-refractivity contribution in [2.75, 3.05) is 6.54 Å². The summed E-state index contributed by atoms with van der Waals surface area (Å²) in [5, 5.41) is 9.66. The van der Waals surface area contributed by atoms with Gasteiger partial charge in [0.25, 0.3) is 0 Å². The Hall–Kier alpha value is -3.42. The summed E-state index contributed by atoms with van der Waals surface area (Å²) in [5.74, 6) is 1.96. The normalized spacial score (nSPS) is 39.6. The van der Waals surface area contributed by atoms with Crippen molar-refractivity contribution in [1.29, 1.82) is 0 Å². The molecule has 0 unspecified atom stereocenters. The van der Waals surface area contributed by atoms with Gasteiger partial charge >= 0.3 is 11.9 Å². The molecule has 1 aromatic heterocycles. The second-order valence-electron chi connectivity index (χ2n) is 21.8. The maximum atomic E-state index is 15.5. The molecule has 2 N–H and O–H groups in total. The first kappa shape index (κ1) is 40.4. The Morgan fingerprint density at radius 2 is 1.65 bits per heavy atom. The summed E-state index contributed by atoms with van der Waals surface area (Å²) >= 11 is 0. The molecule has 11 atom stereocenters. The number of H-pyrrole nitrogens is 1. The first-order valence-electron chi connectivity index (χ1n) is 22.3. The molecular weight excluding hydrogens is 711 g/mol. The number of fused-ring (bicyclic) bond motifs is 7. The molecule has 0 radical (unpaired) electrons. The summed E-state index contributed by atoms with van der Waals surface area (Å²) in [6, 6.07) is 10.3. The first-order chi connectivity index (χ1) is 26.8. The number of amides is 1. The number of ether oxygens (including phenoxy) is 1. The fourth-order valence-corrected chi connectivity index (χ4v) is 15.2. The van der Waals surface area contributed by atoms with E-state index in [-0.39, 0.29) is 45.6 Å². The zero-order chi connectivity index (χ0) is 40.9. The van der Waals surface area contributed by atoms with Gasteiger partial charge in [0, 0.05) is 12.0 Å². The van der Waals surface area contributed by atoms with Gasteiger partial charge in [-0.25, -0.2) is 4.98 Å². The number of aromatic nitrogens is 2. The Labute approximate surface area is 341 Å². The molecule has 2 heterocycles. The topological polar surface area (TPSA) is 113 Å². The Morgan fingerprint density at radius 3 is 2.35 bits per heavy atom. The van der Waals surface area contributed by atoms with Crippen LogP contribution in [0.4, 0.5) is 0 Å². The van der Waals surface area contributed by atoms with Gasteiger partial charge in [-0.1, -0.05) is 77.1 Å². The van der Waals surface area contributed by atoms with Gasteiger partial charge in [0.15, 0.2) is 0 Å². The molecule has 0 spiro atoms. The highest BCUT2D eigenvalue weighted by Gasteiger charge is 2.72. The van der Waals surface area contributed by atoms with Crippen molar-refractivity contribution < 1.29 is 24.2 Å². The first-order valence-corrected chi connectivity index (χ1v) is 22.3. The number of hydrogen-bond acceptors (Lipinski definition) is 5. The van der Waals surface area contributed by atoms with Gasteiger partial charge in [0.05, 0.1) is 35.2 Å². The summed E-state index contributed by atoms with van der Waals surface area (Å²) < 4.78 is 6.22. The van der Waals surface area contributed by atoms with Crippen LogP contribution in [-0.2, 0) is 19.1 Å².